The second kappa shape index (κ2) is 3.76. The number of hydrogen-bond acceptors (Lipinski definition) is 4. The van der Waals surface area contributed by atoms with Crippen LogP contribution in [0.5, 0.6) is 0 Å². The maximum absolute atomic E-state index is 11.5. The highest BCUT2D eigenvalue weighted by Gasteiger charge is 2.53. The number of nitrogens with one attached hydrogen (secondary N) is 2. The first-order valence-electron chi connectivity index (χ1n) is 4.71. The smallest absolute Gasteiger partial charge is 0.234 e. The van der Waals surface area contributed by atoms with Crippen LogP contribution in [-0.2, 0) is 4.79 Å². The average Bonchev–Trinajstić information content (AvgIpc) is 3.01. The highest BCUT2D eigenvalue weighted by atomic mass is 16.6. The third-order valence-corrected chi connectivity index (χ3v) is 2.45. The van der Waals surface area contributed by atoms with E-state index in [1.165, 1.54) is 18.5 Å². The molecule has 1 fully saturated rings. The van der Waals surface area contributed by atoms with E-state index < -0.39 is 22.8 Å². The highest BCUT2D eigenvalue weighted by molar-refractivity contribution is 5.94. The van der Waals surface area contributed by atoms with Gasteiger partial charge >= 0.3 is 0 Å². The number of nitro groups is 1. The average molecular weight is 223 g/mol. The van der Waals surface area contributed by atoms with E-state index >= 15 is 0 Å². The first-order valence-corrected chi connectivity index (χ1v) is 4.71. The number of anilines is 1. The zero-order valence-electron chi connectivity index (χ0n) is 8.17. The fourth-order valence-electron chi connectivity index (χ4n) is 1.44. The number of carbonyl (C=O) groups is 1. The van der Waals surface area contributed by atoms with Crippen molar-refractivity contribution in [1.82, 2.24) is 4.98 Å². The zero-order valence-corrected chi connectivity index (χ0v) is 8.17. The van der Waals surface area contributed by atoms with Crippen molar-refractivity contribution in [3.05, 3.63) is 38.8 Å². The Labute approximate surface area is 89.6 Å². The number of carbonyl (C=O) groups excluding carboxylic acids is 1. The summed E-state index contributed by atoms with van der Waals surface area (Å²) in [5.41, 5.74) is -0.216. The molecule has 84 valence electrons. The molecule has 0 aromatic carbocycles. The maximum atomic E-state index is 11.5. The lowest BCUT2D eigenvalue weighted by atomic mass is 10.3. The molecule has 1 aliphatic carbocycles. The molecule has 0 radical (unpaired) electrons. The van der Waals surface area contributed by atoms with Crippen molar-refractivity contribution >= 4 is 11.6 Å². The van der Waals surface area contributed by atoms with Crippen LogP contribution in [0.2, 0.25) is 0 Å². The van der Waals surface area contributed by atoms with E-state index in [-0.39, 0.29) is 17.5 Å². The topological polar surface area (TPSA) is 105 Å². The molecule has 0 saturated heterocycles. The van der Waals surface area contributed by atoms with E-state index in [2.05, 4.69) is 10.3 Å². The normalized spacial score (nSPS) is 22.5. The van der Waals surface area contributed by atoms with Gasteiger partial charge in [-0.15, -0.1) is 0 Å². The molecule has 2 atom stereocenters. The molecule has 1 aromatic rings. The SMILES string of the molecule is O=C(Nc1c[nH]ccc1=O)[C@H]1C[C@H]1[N+](=O)[O-]. The lowest BCUT2D eigenvalue weighted by molar-refractivity contribution is -0.497. The van der Waals surface area contributed by atoms with Gasteiger partial charge in [-0.3, -0.25) is 19.7 Å². The molecule has 0 unspecified atom stereocenters. The fourth-order valence-corrected chi connectivity index (χ4v) is 1.44. The fraction of sp³-hybridized carbons (Fsp3) is 0.333. The molecule has 1 aromatic heterocycles. The van der Waals surface area contributed by atoms with Gasteiger partial charge < -0.3 is 10.3 Å². The number of aromatic nitrogens is 1. The molecule has 1 heterocycles. The molecular formula is C9H9N3O4. The summed E-state index contributed by atoms with van der Waals surface area (Å²) in [6, 6.07) is 0.468. The van der Waals surface area contributed by atoms with E-state index in [4.69, 9.17) is 0 Å². The van der Waals surface area contributed by atoms with Crippen molar-refractivity contribution in [1.29, 1.82) is 0 Å². The molecule has 7 nitrogen and oxygen atoms in total. The van der Waals surface area contributed by atoms with Crippen LogP contribution in [0.15, 0.2) is 23.3 Å². The first-order chi connectivity index (χ1) is 7.59. The first kappa shape index (κ1) is 10.3. The number of aromatic amines is 1. The van der Waals surface area contributed by atoms with E-state index in [1.807, 2.05) is 0 Å². The Morgan fingerprint density at radius 2 is 2.38 bits per heavy atom. The van der Waals surface area contributed by atoms with Gasteiger partial charge in [0.2, 0.25) is 17.4 Å². The zero-order chi connectivity index (χ0) is 11.7. The Bertz CT molecular complexity index is 496. The van der Waals surface area contributed by atoms with Crippen molar-refractivity contribution in [3.63, 3.8) is 0 Å². The molecule has 0 bridgehead atoms. The summed E-state index contributed by atoms with van der Waals surface area (Å²) in [5, 5.41) is 12.7. The van der Waals surface area contributed by atoms with Crippen LogP contribution in [0, 0.1) is 16.0 Å². The summed E-state index contributed by atoms with van der Waals surface area (Å²) in [6.07, 6.45) is 3.03. The monoisotopic (exact) mass is 223 g/mol. The standard InChI is InChI=1S/C9H9N3O4/c13-8-1-2-10-4-6(8)11-9(14)5-3-7(5)12(15)16/h1-2,4-5,7H,3H2,(H,10,13)(H,11,14)/t5-,7+/m0/s1. The number of amides is 1. The highest BCUT2D eigenvalue weighted by Crippen LogP contribution is 2.33. The Morgan fingerprint density at radius 3 is 2.94 bits per heavy atom. The van der Waals surface area contributed by atoms with Crippen molar-refractivity contribution in [2.45, 2.75) is 12.5 Å². The summed E-state index contributed by atoms with van der Waals surface area (Å²) in [5.74, 6) is -1.09. The second-order valence-electron chi connectivity index (χ2n) is 3.61. The van der Waals surface area contributed by atoms with Crippen LogP contribution in [0.4, 0.5) is 5.69 Å². The van der Waals surface area contributed by atoms with Gasteiger partial charge in [0.15, 0.2) is 0 Å². The number of nitrogens with zero attached hydrogens (tertiary/aromatic N) is 1. The predicted molar refractivity (Wildman–Crippen MR) is 54.6 cm³/mol. The summed E-state index contributed by atoms with van der Waals surface area (Å²) >= 11 is 0. The molecule has 0 aliphatic heterocycles. The van der Waals surface area contributed by atoms with E-state index in [0.717, 1.165) is 0 Å². The Morgan fingerprint density at radius 1 is 1.62 bits per heavy atom. The predicted octanol–water partition coefficient (Wildman–Crippen LogP) is -0.0214. The lowest BCUT2D eigenvalue weighted by Crippen LogP contribution is -2.22. The van der Waals surface area contributed by atoms with E-state index in [1.54, 1.807) is 0 Å². The van der Waals surface area contributed by atoms with Gasteiger partial charge in [-0.2, -0.15) is 0 Å². The molecule has 0 spiro atoms. The second-order valence-corrected chi connectivity index (χ2v) is 3.61. The number of hydrogen-bond donors (Lipinski definition) is 2. The van der Waals surface area contributed by atoms with Gasteiger partial charge in [-0.25, -0.2) is 0 Å². The largest absolute Gasteiger partial charge is 0.366 e. The van der Waals surface area contributed by atoms with Gasteiger partial charge in [0.05, 0.1) is 0 Å². The Balaban J connectivity index is 2.02. The van der Waals surface area contributed by atoms with Gasteiger partial charge in [0.25, 0.3) is 0 Å². The van der Waals surface area contributed by atoms with Gasteiger partial charge in [0.1, 0.15) is 11.6 Å². The van der Waals surface area contributed by atoms with Gasteiger partial charge in [0, 0.05) is 29.8 Å². The van der Waals surface area contributed by atoms with Crippen LogP contribution in [0.1, 0.15) is 6.42 Å². The van der Waals surface area contributed by atoms with Crippen LogP contribution in [0.25, 0.3) is 0 Å². The molecule has 1 amide bonds. The summed E-state index contributed by atoms with van der Waals surface area (Å²) < 4.78 is 0. The summed E-state index contributed by atoms with van der Waals surface area (Å²) in [7, 11) is 0. The molecule has 2 rings (SSSR count). The molecule has 16 heavy (non-hydrogen) atoms. The van der Waals surface area contributed by atoms with E-state index in [9.17, 15) is 19.7 Å². The summed E-state index contributed by atoms with van der Waals surface area (Å²) in [4.78, 5) is 35.3. The number of pyridine rings is 1. The lowest BCUT2D eigenvalue weighted by Gasteiger charge is -2.01. The van der Waals surface area contributed by atoms with Crippen LogP contribution in [-0.4, -0.2) is 21.9 Å². The van der Waals surface area contributed by atoms with Crippen LogP contribution in [0.3, 0.4) is 0 Å². The molecule has 1 saturated carbocycles. The Kier molecular flexibility index (Phi) is 2.43. The number of H-pyrrole nitrogens is 1. The van der Waals surface area contributed by atoms with Gasteiger partial charge in [-0.1, -0.05) is 0 Å². The Hall–Kier alpha value is -2.18. The third kappa shape index (κ3) is 1.92. The van der Waals surface area contributed by atoms with Crippen LogP contribution < -0.4 is 10.7 Å². The third-order valence-electron chi connectivity index (χ3n) is 2.45. The van der Waals surface area contributed by atoms with Gasteiger partial charge in [-0.05, 0) is 0 Å². The minimum absolute atomic E-state index is 0.112. The molecular weight excluding hydrogens is 214 g/mol. The van der Waals surface area contributed by atoms with Crippen LogP contribution >= 0.6 is 0 Å². The molecule has 1 aliphatic rings. The number of rotatable bonds is 3. The molecule has 2 N–H and O–H groups in total. The van der Waals surface area contributed by atoms with Crippen molar-refractivity contribution in [2.75, 3.05) is 5.32 Å². The minimum Gasteiger partial charge on any atom is -0.366 e. The van der Waals surface area contributed by atoms with E-state index in [0.29, 0.717) is 0 Å². The van der Waals surface area contributed by atoms with Crippen molar-refractivity contribution in [3.8, 4) is 0 Å². The summed E-state index contributed by atoms with van der Waals surface area (Å²) in [6.45, 7) is 0. The van der Waals surface area contributed by atoms with Crippen molar-refractivity contribution < 1.29 is 9.72 Å². The maximum Gasteiger partial charge on any atom is 0.234 e. The minimum atomic E-state index is -0.803. The molecule has 7 heteroatoms. The van der Waals surface area contributed by atoms with Crippen molar-refractivity contribution in [2.24, 2.45) is 5.92 Å². The quantitative estimate of drug-likeness (QED) is 0.554.